The van der Waals surface area contributed by atoms with Crippen molar-refractivity contribution >= 4 is 5.91 Å². The summed E-state index contributed by atoms with van der Waals surface area (Å²) < 4.78 is 0. The van der Waals surface area contributed by atoms with E-state index in [1.807, 2.05) is 17.1 Å². The van der Waals surface area contributed by atoms with Gasteiger partial charge in [-0.1, -0.05) is 18.2 Å². The number of aryl methyl sites for hydroxylation is 2. The van der Waals surface area contributed by atoms with Gasteiger partial charge >= 0.3 is 0 Å². The lowest BCUT2D eigenvalue weighted by molar-refractivity contribution is 0.0776. The standard InChI is InChI=1S/C22H24N4O/c1-17-5-6-19(14-18(17)2)9-13-26(16-20-7-11-23-12-8-20)25-22(27)21-4-3-10-24-15-21/h3-8,10-12,14-15H,9,13,16H2,1-2H3,(H,25,27). The normalized spacial score (nSPS) is 10.8. The third-order valence-corrected chi connectivity index (χ3v) is 4.55. The Hall–Kier alpha value is -3.05. The lowest BCUT2D eigenvalue weighted by atomic mass is 10.0. The Morgan fingerprint density at radius 3 is 2.48 bits per heavy atom. The number of pyridine rings is 2. The molecule has 0 saturated carbocycles. The first kappa shape index (κ1) is 18.7. The van der Waals surface area contributed by atoms with E-state index in [1.165, 1.54) is 16.7 Å². The van der Waals surface area contributed by atoms with Crippen molar-refractivity contribution < 1.29 is 4.79 Å². The maximum Gasteiger partial charge on any atom is 0.267 e. The van der Waals surface area contributed by atoms with Crippen LogP contribution in [0.15, 0.2) is 67.3 Å². The Bertz CT molecular complexity index is 881. The lowest BCUT2D eigenvalue weighted by Crippen LogP contribution is -2.42. The number of rotatable bonds is 7. The number of hydrazine groups is 1. The minimum Gasteiger partial charge on any atom is -0.284 e. The number of carbonyl (C=O) groups excluding carboxylic acids is 1. The summed E-state index contributed by atoms with van der Waals surface area (Å²) in [7, 11) is 0. The smallest absolute Gasteiger partial charge is 0.267 e. The van der Waals surface area contributed by atoms with E-state index in [0.29, 0.717) is 18.7 Å². The molecule has 0 aliphatic carbocycles. The molecule has 0 bridgehead atoms. The van der Waals surface area contributed by atoms with Crippen LogP contribution in [-0.2, 0) is 13.0 Å². The first-order valence-electron chi connectivity index (χ1n) is 9.03. The quantitative estimate of drug-likeness (QED) is 0.656. The van der Waals surface area contributed by atoms with E-state index in [4.69, 9.17) is 0 Å². The molecule has 27 heavy (non-hydrogen) atoms. The first-order valence-corrected chi connectivity index (χ1v) is 9.03. The van der Waals surface area contributed by atoms with Crippen molar-refractivity contribution in [1.29, 1.82) is 0 Å². The van der Waals surface area contributed by atoms with Crippen LogP contribution < -0.4 is 5.43 Å². The van der Waals surface area contributed by atoms with E-state index in [0.717, 1.165) is 12.0 Å². The molecule has 0 aliphatic rings. The largest absolute Gasteiger partial charge is 0.284 e. The molecule has 1 aromatic carbocycles. The molecule has 5 heteroatoms. The van der Waals surface area contributed by atoms with E-state index < -0.39 is 0 Å². The molecule has 138 valence electrons. The Labute approximate surface area is 160 Å². The second-order valence-corrected chi connectivity index (χ2v) is 6.63. The highest BCUT2D eigenvalue weighted by Gasteiger charge is 2.12. The second kappa shape index (κ2) is 9.05. The minimum atomic E-state index is -0.155. The lowest BCUT2D eigenvalue weighted by Gasteiger charge is -2.23. The summed E-state index contributed by atoms with van der Waals surface area (Å²) in [4.78, 5) is 20.6. The van der Waals surface area contributed by atoms with Crippen LogP contribution in [0.25, 0.3) is 0 Å². The van der Waals surface area contributed by atoms with Gasteiger partial charge in [0.1, 0.15) is 0 Å². The van der Waals surface area contributed by atoms with Crippen LogP contribution in [0.1, 0.15) is 32.6 Å². The van der Waals surface area contributed by atoms with Gasteiger partial charge in [-0.05, 0) is 66.8 Å². The summed E-state index contributed by atoms with van der Waals surface area (Å²) >= 11 is 0. The molecule has 0 spiro atoms. The van der Waals surface area contributed by atoms with Crippen LogP contribution in [0.2, 0.25) is 0 Å². The highest BCUT2D eigenvalue weighted by atomic mass is 16.2. The maximum absolute atomic E-state index is 12.6. The van der Waals surface area contributed by atoms with E-state index >= 15 is 0 Å². The molecule has 0 fully saturated rings. The molecule has 1 amide bonds. The number of nitrogens with one attached hydrogen (secondary N) is 1. The first-order chi connectivity index (χ1) is 13.1. The zero-order valence-electron chi connectivity index (χ0n) is 15.7. The van der Waals surface area contributed by atoms with Crippen LogP contribution in [0.3, 0.4) is 0 Å². The van der Waals surface area contributed by atoms with Gasteiger partial charge in [-0.2, -0.15) is 0 Å². The number of hydrogen-bond acceptors (Lipinski definition) is 4. The van der Waals surface area contributed by atoms with Gasteiger partial charge in [-0.15, -0.1) is 0 Å². The van der Waals surface area contributed by atoms with Crippen molar-refractivity contribution in [3.05, 3.63) is 95.1 Å². The fourth-order valence-electron chi connectivity index (χ4n) is 2.81. The number of benzene rings is 1. The fraction of sp³-hybridized carbons (Fsp3) is 0.227. The molecule has 0 saturated heterocycles. The molecule has 1 N–H and O–H groups in total. The van der Waals surface area contributed by atoms with Crippen LogP contribution >= 0.6 is 0 Å². The molecule has 3 aromatic rings. The summed E-state index contributed by atoms with van der Waals surface area (Å²) in [5.74, 6) is -0.155. The molecular weight excluding hydrogens is 336 g/mol. The summed E-state index contributed by atoms with van der Waals surface area (Å²) in [5.41, 5.74) is 8.48. The van der Waals surface area contributed by atoms with Crippen molar-refractivity contribution in [2.45, 2.75) is 26.8 Å². The maximum atomic E-state index is 12.6. The Kier molecular flexibility index (Phi) is 6.28. The highest BCUT2D eigenvalue weighted by molar-refractivity contribution is 5.93. The fourth-order valence-corrected chi connectivity index (χ4v) is 2.81. The zero-order chi connectivity index (χ0) is 19.1. The third kappa shape index (κ3) is 5.46. The topological polar surface area (TPSA) is 58.1 Å². The summed E-state index contributed by atoms with van der Waals surface area (Å²) in [5, 5.41) is 1.94. The van der Waals surface area contributed by atoms with E-state index in [1.54, 1.807) is 36.9 Å². The molecule has 2 heterocycles. The van der Waals surface area contributed by atoms with Crippen molar-refractivity contribution in [2.75, 3.05) is 6.54 Å². The SMILES string of the molecule is Cc1ccc(CCN(Cc2ccncc2)NC(=O)c2cccnc2)cc1C. The molecule has 0 atom stereocenters. The average Bonchev–Trinajstić information content (AvgIpc) is 2.70. The Balaban J connectivity index is 1.70. The van der Waals surface area contributed by atoms with Crippen LogP contribution in [0.4, 0.5) is 0 Å². The summed E-state index contributed by atoms with van der Waals surface area (Å²) in [6, 6.07) is 13.9. The van der Waals surface area contributed by atoms with Crippen molar-refractivity contribution in [3.63, 3.8) is 0 Å². The van der Waals surface area contributed by atoms with Gasteiger partial charge < -0.3 is 0 Å². The van der Waals surface area contributed by atoms with Gasteiger partial charge in [0, 0.05) is 37.9 Å². The van der Waals surface area contributed by atoms with Crippen LogP contribution in [-0.4, -0.2) is 27.4 Å². The van der Waals surface area contributed by atoms with Gasteiger partial charge in [0.15, 0.2) is 0 Å². The Morgan fingerprint density at radius 2 is 1.78 bits per heavy atom. The summed E-state index contributed by atoms with van der Waals surface area (Å²) in [6.07, 6.45) is 7.60. The Morgan fingerprint density at radius 1 is 0.963 bits per heavy atom. The predicted octanol–water partition coefficient (Wildman–Crippen LogP) is 3.48. The third-order valence-electron chi connectivity index (χ3n) is 4.55. The van der Waals surface area contributed by atoms with Gasteiger partial charge in [-0.3, -0.25) is 20.2 Å². The number of carbonyl (C=O) groups is 1. The van der Waals surface area contributed by atoms with Crippen molar-refractivity contribution in [2.24, 2.45) is 0 Å². The molecule has 3 rings (SSSR count). The second-order valence-electron chi connectivity index (χ2n) is 6.63. The monoisotopic (exact) mass is 360 g/mol. The van der Waals surface area contributed by atoms with Gasteiger partial charge in [0.25, 0.3) is 5.91 Å². The molecular formula is C22H24N4O. The number of amides is 1. The minimum absolute atomic E-state index is 0.155. The van der Waals surface area contributed by atoms with E-state index in [2.05, 4.69) is 47.4 Å². The van der Waals surface area contributed by atoms with E-state index in [9.17, 15) is 4.79 Å². The average molecular weight is 360 g/mol. The van der Waals surface area contributed by atoms with E-state index in [-0.39, 0.29) is 5.91 Å². The van der Waals surface area contributed by atoms with Gasteiger partial charge in [0.2, 0.25) is 0 Å². The van der Waals surface area contributed by atoms with Crippen molar-refractivity contribution in [3.8, 4) is 0 Å². The van der Waals surface area contributed by atoms with Gasteiger partial charge in [0.05, 0.1) is 5.56 Å². The predicted molar refractivity (Wildman–Crippen MR) is 106 cm³/mol. The molecule has 0 unspecified atom stereocenters. The number of aromatic nitrogens is 2. The van der Waals surface area contributed by atoms with Crippen LogP contribution in [0, 0.1) is 13.8 Å². The zero-order valence-corrected chi connectivity index (χ0v) is 15.7. The molecule has 0 aliphatic heterocycles. The number of hydrogen-bond donors (Lipinski definition) is 1. The molecule has 2 aromatic heterocycles. The summed E-state index contributed by atoms with van der Waals surface area (Å²) in [6.45, 7) is 5.55. The van der Waals surface area contributed by atoms with Gasteiger partial charge in [-0.25, -0.2) is 5.01 Å². The van der Waals surface area contributed by atoms with Crippen LogP contribution in [0.5, 0.6) is 0 Å². The molecule has 5 nitrogen and oxygen atoms in total. The molecule has 0 radical (unpaired) electrons. The highest BCUT2D eigenvalue weighted by Crippen LogP contribution is 2.11. The number of nitrogens with zero attached hydrogens (tertiary/aromatic N) is 3. The van der Waals surface area contributed by atoms with Crippen molar-refractivity contribution in [1.82, 2.24) is 20.4 Å².